The lowest BCUT2D eigenvalue weighted by molar-refractivity contribution is 0.103. The minimum Gasteiger partial charge on any atom is -0.392 e. The zero-order chi connectivity index (χ0) is 14.2. The van der Waals surface area contributed by atoms with E-state index in [9.17, 15) is 4.57 Å². The molecule has 0 aromatic carbocycles. The topological polar surface area (TPSA) is 65.0 Å². The van der Waals surface area contributed by atoms with Crippen LogP contribution in [0.15, 0.2) is 11.6 Å². The minimum absolute atomic E-state index is 0.0725. The Bertz CT molecular complexity index is 285. The molecule has 0 atom stereocenters. The van der Waals surface area contributed by atoms with Crippen molar-refractivity contribution in [3.63, 3.8) is 0 Å². The van der Waals surface area contributed by atoms with Crippen molar-refractivity contribution in [1.29, 1.82) is 0 Å². The molecule has 0 spiro atoms. The van der Waals surface area contributed by atoms with Gasteiger partial charge >= 0.3 is 7.60 Å². The lowest BCUT2D eigenvalue weighted by Crippen LogP contribution is -2.13. The van der Waals surface area contributed by atoms with Crippen LogP contribution in [0, 0.1) is 0 Å². The fourth-order valence-electron chi connectivity index (χ4n) is 1.24. The van der Waals surface area contributed by atoms with Crippen molar-refractivity contribution >= 4 is 7.60 Å². The molecule has 108 valence electrons. The van der Waals surface area contributed by atoms with Crippen LogP contribution in [0.5, 0.6) is 0 Å². The van der Waals surface area contributed by atoms with E-state index >= 15 is 0 Å². The number of allylic oxidation sites excluding steroid dienone is 1. The molecule has 5 nitrogen and oxygen atoms in total. The van der Waals surface area contributed by atoms with Crippen molar-refractivity contribution in [1.82, 2.24) is 0 Å². The van der Waals surface area contributed by atoms with Crippen molar-refractivity contribution in [3.05, 3.63) is 11.6 Å². The Morgan fingerprint density at radius 3 is 2.06 bits per heavy atom. The van der Waals surface area contributed by atoms with Gasteiger partial charge in [-0.05, 0) is 40.2 Å². The van der Waals surface area contributed by atoms with Gasteiger partial charge in [0.15, 0.2) is 0 Å². The van der Waals surface area contributed by atoms with E-state index in [0.717, 1.165) is 5.57 Å². The summed E-state index contributed by atoms with van der Waals surface area (Å²) in [5, 5.41) is 8.97. The fraction of sp³-hybridized carbons (Fsp3) is 0.833. The normalized spacial score (nSPS) is 13.7. The van der Waals surface area contributed by atoms with Crippen molar-refractivity contribution in [2.75, 3.05) is 19.6 Å². The van der Waals surface area contributed by atoms with Crippen LogP contribution in [0.25, 0.3) is 0 Å². The molecule has 0 amide bonds. The van der Waals surface area contributed by atoms with Crippen LogP contribution in [0.2, 0.25) is 0 Å². The molecule has 0 radical (unpaired) electrons. The van der Waals surface area contributed by atoms with Crippen LogP contribution in [-0.2, 0) is 18.3 Å². The third kappa shape index (κ3) is 8.01. The Morgan fingerprint density at radius 1 is 1.22 bits per heavy atom. The van der Waals surface area contributed by atoms with Crippen LogP contribution in [0.4, 0.5) is 0 Å². The highest BCUT2D eigenvalue weighted by molar-refractivity contribution is 7.53. The number of aliphatic hydroxyl groups is 1. The number of hydrogen-bond acceptors (Lipinski definition) is 5. The number of rotatable bonds is 9. The fourth-order valence-corrected chi connectivity index (χ4v) is 3.01. The van der Waals surface area contributed by atoms with E-state index in [1.807, 2.05) is 6.92 Å². The summed E-state index contributed by atoms with van der Waals surface area (Å²) in [4.78, 5) is 0. The second kappa shape index (κ2) is 8.83. The summed E-state index contributed by atoms with van der Waals surface area (Å²) >= 11 is 0. The van der Waals surface area contributed by atoms with Gasteiger partial charge in [-0.25, -0.2) is 0 Å². The standard InChI is InChI=1S/C12H25O5P/c1-6-12(7-13)8-15-9-18(14,16-10(2)3)17-11(4)5/h6,10-11,13H,7-9H2,1-5H3. The van der Waals surface area contributed by atoms with E-state index < -0.39 is 7.60 Å². The molecule has 0 aliphatic rings. The van der Waals surface area contributed by atoms with Crippen LogP contribution in [0.1, 0.15) is 34.6 Å². The van der Waals surface area contributed by atoms with Crippen molar-refractivity contribution in [2.45, 2.75) is 46.8 Å². The molecular formula is C12H25O5P. The van der Waals surface area contributed by atoms with Crippen LogP contribution >= 0.6 is 7.60 Å². The molecule has 0 unspecified atom stereocenters. The number of ether oxygens (including phenoxy) is 1. The first kappa shape index (κ1) is 17.8. The van der Waals surface area contributed by atoms with Gasteiger partial charge in [0, 0.05) is 0 Å². The maximum absolute atomic E-state index is 12.3. The first-order valence-corrected chi connectivity index (χ1v) is 7.84. The van der Waals surface area contributed by atoms with Crippen molar-refractivity contribution in [3.8, 4) is 0 Å². The predicted molar refractivity (Wildman–Crippen MR) is 71.7 cm³/mol. The molecule has 0 aromatic heterocycles. The summed E-state index contributed by atoms with van der Waals surface area (Å²) in [5.74, 6) is 0. The molecule has 18 heavy (non-hydrogen) atoms. The number of aliphatic hydroxyl groups excluding tert-OH is 1. The third-order valence-corrected chi connectivity index (χ3v) is 3.88. The molecule has 0 bridgehead atoms. The van der Waals surface area contributed by atoms with Gasteiger partial charge in [-0.2, -0.15) is 0 Å². The van der Waals surface area contributed by atoms with E-state index in [1.54, 1.807) is 33.8 Å². The average molecular weight is 280 g/mol. The summed E-state index contributed by atoms with van der Waals surface area (Å²) in [6.07, 6.45) is 1.26. The second-order valence-corrected chi connectivity index (χ2v) is 6.40. The minimum atomic E-state index is -3.24. The molecule has 0 saturated carbocycles. The molecule has 0 fully saturated rings. The van der Waals surface area contributed by atoms with E-state index in [1.165, 1.54) is 0 Å². The molecular weight excluding hydrogens is 255 g/mol. The van der Waals surface area contributed by atoms with Gasteiger partial charge < -0.3 is 18.9 Å². The largest absolute Gasteiger partial charge is 0.392 e. The zero-order valence-corrected chi connectivity index (χ0v) is 12.8. The zero-order valence-electron chi connectivity index (χ0n) is 11.9. The lowest BCUT2D eigenvalue weighted by Gasteiger charge is -2.22. The Balaban J connectivity index is 4.38. The van der Waals surface area contributed by atoms with Gasteiger partial charge in [0.05, 0.1) is 25.4 Å². The Morgan fingerprint density at radius 2 is 1.72 bits per heavy atom. The summed E-state index contributed by atoms with van der Waals surface area (Å²) in [5.41, 5.74) is 0.732. The van der Waals surface area contributed by atoms with Gasteiger partial charge in [0.25, 0.3) is 0 Å². The second-order valence-electron chi connectivity index (χ2n) is 4.50. The summed E-state index contributed by atoms with van der Waals surface area (Å²) in [6.45, 7) is 9.13. The maximum atomic E-state index is 12.3. The highest BCUT2D eigenvalue weighted by Crippen LogP contribution is 2.50. The first-order chi connectivity index (χ1) is 8.33. The quantitative estimate of drug-likeness (QED) is 0.519. The highest BCUT2D eigenvalue weighted by Gasteiger charge is 2.28. The summed E-state index contributed by atoms with van der Waals surface area (Å²) in [6, 6.07) is 0. The number of hydrogen-bond donors (Lipinski definition) is 1. The maximum Gasteiger partial charge on any atom is 0.356 e. The van der Waals surface area contributed by atoms with Gasteiger partial charge in [0.1, 0.15) is 6.35 Å². The van der Waals surface area contributed by atoms with E-state index in [2.05, 4.69) is 0 Å². The predicted octanol–water partition coefficient (Wildman–Crippen LogP) is 2.94. The van der Waals surface area contributed by atoms with Gasteiger partial charge in [0.2, 0.25) is 0 Å². The highest BCUT2D eigenvalue weighted by atomic mass is 31.2. The van der Waals surface area contributed by atoms with Crippen LogP contribution < -0.4 is 0 Å². The average Bonchev–Trinajstić information content (AvgIpc) is 2.22. The molecule has 0 heterocycles. The third-order valence-electron chi connectivity index (χ3n) is 1.89. The smallest absolute Gasteiger partial charge is 0.356 e. The van der Waals surface area contributed by atoms with E-state index in [4.69, 9.17) is 18.9 Å². The lowest BCUT2D eigenvalue weighted by atomic mass is 10.3. The van der Waals surface area contributed by atoms with E-state index in [-0.39, 0.29) is 31.8 Å². The van der Waals surface area contributed by atoms with Crippen molar-refractivity contribution < 1.29 is 23.5 Å². The first-order valence-electron chi connectivity index (χ1n) is 6.11. The SMILES string of the molecule is CC=C(CO)COCP(=O)(OC(C)C)OC(C)C. The van der Waals surface area contributed by atoms with Gasteiger partial charge in [-0.15, -0.1) is 0 Å². The summed E-state index contributed by atoms with van der Waals surface area (Å²) in [7, 11) is -3.24. The van der Waals surface area contributed by atoms with Crippen LogP contribution in [-0.4, -0.2) is 36.9 Å². The summed E-state index contributed by atoms with van der Waals surface area (Å²) < 4.78 is 28.3. The Kier molecular flexibility index (Phi) is 8.74. The molecule has 0 aliphatic heterocycles. The molecule has 6 heteroatoms. The molecule has 0 saturated heterocycles. The van der Waals surface area contributed by atoms with Crippen LogP contribution in [0.3, 0.4) is 0 Å². The van der Waals surface area contributed by atoms with E-state index in [0.29, 0.717) is 0 Å². The van der Waals surface area contributed by atoms with Gasteiger partial charge in [-0.1, -0.05) is 6.08 Å². The molecule has 0 aliphatic carbocycles. The van der Waals surface area contributed by atoms with Gasteiger partial charge in [-0.3, -0.25) is 4.57 Å². The Hall–Kier alpha value is -0.190. The molecule has 0 aromatic rings. The monoisotopic (exact) mass is 280 g/mol. The molecule has 0 rings (SSSR count). The molecule has 1 N–H and O–H groups in total. The Labute approximate surface area is 110 Å². The van der Waals surface area contributed by atoms with Crippen molar-refractivity contribution in [2.24, 2.45) is 0 Å².